The van der Waals surface area contributed by atoms with Crippen LogP contribution in [-0.4, -0.2) is 25.2 Å². The molecule has 2 unspecified atom stereocenters. The molecule has 23 heavy (non-hydrogen) atoms. The number of hydrogen-bond acceptors (Lipinski definition) is 4. The maximum atomic E-state index is 12.5. The molecule has 2 rings (SSSR count). The van der Waals surface area contributed by atoms with Gasteiger partial charge in [0.25, 0.3) is 0 Å². The molecule has 0 aromatic rings. The number of carbonyl (C=O) groups excluding carboxylic acids is 2. The molecule has 2 aliphatic rings. The highest BCUT2D eigenvalue weighted by atomic mass is 16.5. The molecule has 0 N–H and O–H groups in total. The Morgan fingerprint density at radius 1 is 0.913 bits per heavy atom. The molecule has 0 aromatic carbocycles. The van der Waals surface area contributed by atoms with Crippen LogP contribution in [0.15, 0.2) is 23.3 Å². The van der Waals surface area contributed by atoms with E-state index < -0.39 is 0 Å². The molecule has 4 nitrogen and oxygen atoms in total. The maximum absolute atomic E-state index is 12.5. The zero-order valence-electron chi connectivity index (χ0n) is 14.7. The summed E-state index contributed by atoms with van der Waals surface area (Å²) < 4.78 is 10.8. The summed E-state index contributed by atoms with van der Waals surface area (Å²) in [6.45, 7) is 9.08. The van der Waals surface area contributed by atoms with Crippen LogP contribution in [0.1, 0.15) is 53.4 Å². The van der Waals surface area contributed by atoms with Crippen LogP contribution in [-0.2, 0) is 19.1 Å². The van der Waals surface area contributed by atoms with Gasteiger partial charge in [-0.05, 0) is 18.3 Å². The molecule has 0 spiro atoms. The van der Waals surface area contributed by atoms with E-state index in [-0.39, 0.29) is 29.2 Å². The van der Waals surface area contributed by atoms with Gasteiger partial charge in [0.15, 0.2) is 0 Å². The average Bonchev–Trinajstić information content (AvgIpc) is 2.93. The minimum atomic E-state index is -0.356. The van der Waals surface area contributed by atoms with Crippen molar-refractivity contribution in [3.63, 3.8) is 0 Å². The topological polar surface area (TPSA) is 52.6 Å². The fraction of sp³-hybridized carbons (Fsp3) is 0.684. The number of ether oxygens (including phenoxy) is 2. The standard InChI is InChI=1S/C19H28O4/c1-5-7-11-22-17(20)15-13-9-10-14(19(13,3)4)16(15)18(21)23-12-8-6-2/h9-10,13-14H,5-8,11-12H2,1-4H3. The smallest absolute Gasteiger partial charge is 0.335 e. The minimum Gasteiger partial charge on any atom is -0.462 e. The number of fused-ring (bicyclic) bond motifs is 2. The number of carbonyl (C=O) groups is 2. The van der Waals surface area contributed by atoms with Crippen LogP contribution in [0, 0.1) is 17.3 Å². The van der Waals surface area contributed by atoms with Crippen LogP contribution >= 0.6 is 0 Å². The zero-order chi connectivity index (χ0) is 17.0. The molecule has 128 valence electrons. The summed E-state index contributed by atoms with van der Waals surface area (Å²) in [6, 6.07) is 0. The summed E-state index contributed by atoms with van der Waals surface area (Å²) in [4.78, 5) is 25.0. The first-order valence-corrected chi connectivity index (χ1v) is 8.71. The summed E-state index contributed by atoms with van der Waals surface area (Å²) in [5.74, 6) is -0.831. The van der Waals surface area contributed by atoms with E-state index in [2.05, 4.69) is 13.8 Å². The molecule has 4 heteroatoms. The number of hydrogen-bond donors (Lipinski definition) is 0. The lowest BCUT2D eigenvalue weighted by atomic mass is 9.77. The summed E-state index contributed by atoms with van der Waals surface area (Å²) in [5, 5.41) is 0. The highest BCUT2D eigenvalue weighted by molar-refractivity contribution is 6.03. The number of unbranched alkanes of at least 4 members (excludes halogenated alkanes) is 2. The third-order valence-corrected chi connectivity index (χ3v) is 4.91. The van der Waals surface area contributed by atoms with Crippen molar-refractivity contribution in [3.05, 3.63) is 23.3 Å². The van der Waals surface area contributed by atoms with Gasteiger partial charge in [0.1, 0.15) is 0 Å². The van der Waals surface area contributed by atoms with Crippen LogP contribution in [0.5, 0.6) is 0 Å². The Morgan fingerprint density at radius 3 is 1.65 bits per heavy atom. The first-order valence-electron chi connectivity index (χ1n) is 8.71. The van der Waals surface area contributed by atoms with Gasteiger partial charge in [-0.1, -0.05) is 52.7 Å². The van der Waals surface area contributed by atoms with Crippen LogP contribution in [0.4, 0.5) is 0 Å². The van der Waals surface area contributed by atoms with E-state index in [1.54, 1.807) is 0 Å². The third kappa shape index (κ3) is 3.36. The number of allylic oxidation sites excluding steroid dienone is 2. The highest BCUT2D eigenvalue weighted by Crippen LogP contribution is 2.56. The first-order chi connectivity index (χ1) is 10.9. The average molecular weight is 320 g/mol. The van der Waals surface area contributed by atoms with Gasteiger partial charge < -0.3 is 9.47 Å². The van der Waals surface area contributed by atoms with Gasteiger partial charge in [-0.2, -0.15) is 0 Å². The molecular weight excluding hydrogens is 292 g/mol. The molecule has 2 aliphatic carbocycles. The second-order valence-electron chi connectivity index (χ2n) is 6.97. The van der Waals surface area contributed by atoms with Crippen molar-refractivity contribution in [3.8, 4) is 0 Å². The summed E-state index contributed by atoms with van der Waals surface area (Å²) in [7, 11) is 0. The Kier molecular flexibility index (Phi) is 5.66. The van der Waals surface area contributed by atoms with E-state index in [1.807, 2.05) is 26.0 Å². The van der Waals surface area contributed by atoms with Crippen molar-refractivity contribution < 1.29 is 19.1 Å². The van der Waals surface area contributed by atoms with Crippen LogP contribution in [0.2, 0.25) is 0 Å². The van der Waals surface area contributed by atoms with Crippen molar-refractivity contribution in [2.45, 2.75) is 53.4 Å². The Morgan fingerprint density at radius 2 is 1.30 bits per heavy atom. The molecule has 2 atom stereocenters. The van der Waals surface area contributed by atoms with Gasteiger partial charge in [0.2, 0.25) is 0 Å². The first kappa shape index (κ1) is 17.8. The molecule has 0 aromatic heterocycles. The van der Waals surface area contributed by atoms with Gasteiger partial charge in [-0.3, -0.25) is 0 Å². The van der Waals surface area contributed by atoms with Gasteiger partial charge in [0.05, 0.1) is 24.4 Å². The van der Waals surface area contributed by atoms with Crippen LogP contribution in [0.25, 0.3) is 0 Å². The Balaban J connectivity index is 2.20. The molecule has 0 saturated carbocycles. The van der Waals surface area contributed by atoms with E-state index in [0.29, 0.717) is 24.4 Å². The largest absolute Gasteiger partial charge is 0.462 e. The molecule has 2 bridgehead atoms. The Bertz CT molecular complexity index is 483. The molecule has 0 amide bonds. The molecular formula is C19H28O4. The van der Waals surface area contributed by atoms with E-state index in [4.69, 9.17) is 9.47 Å². The van der Waals surface area contributed by atoms with Crippen LogP contribution in [0.3, 0.4) is 0 Å². The van der Waals surface area contributed by atoms with E-state index in [1.165, 1.54) is 0 Å². The van der Waals surface area contributed by atoms with Gasteiger partial charge in [-0.25, -0.2) is 9.59 Å². The molecule has 0 heterocycles. The summed E-state index contributed by atoms with van der Waals surface area (Å²) in [6.07, 6.45) is 7.67. The Hall–Kier alpha value is -1.58. The predicted octanol–water partition coefficient (Wildman–Crippen LogP) is 3.81. The van der Waals surface area contributed by atoms with Crippen molar-refractivity contribution >= 4 is 11.9 Å². The molecule has 0 radical (unpaired) electrons. The van der Waals surface area contributed by atoms with Gasteiger partial charge >= 0.3 is 11.9 Å². The number of rotatable bonds is 8. The van der Waals surface area contributed by atoms with E-state index >= 15 is 0 Å². The molecule has 0 aliphatic heterocycles. The fourth-order valence-corrected chi connectivity index (χ4v) is 3.43. The summed E-state index contributed by atoms with van der Waals surface area (Å²) in [5.41, 5.74) is 0.860. The third-order valence-electron chi connectivity index (χ3n) is 4.91. The van der Waals surface area contributed by atoms with Crippen molar-refractivity contribution in [1.82, 2.24) is 0 Å². The predicted molar refractivity (Wildman–Crippen MR) is 88.7 cm³/mol. The summed E-state index contributed by atoms with van der Waals surface area (Å²) >= 11 is 0. The van der Waals surface area contributed by atoms with Crippen molar-refractivity contribution in [2.24, 2.45) is 17.3 Å². The monoisotopic (exact) mass is 320 g/mol. The lowest BCUT2D eigenvalue weighted by molar-refractivity contribution is -0.142. The molecule has 0 fully saturated rings. The van der Waals surface area contributed by atoms with Gasteiger partial charge in [-0.15, -0.1) is 0 Å². The van der Waals surface area contributed by atoms with E-state index in [9.17, 15) is 9.59 Å². The lowest BCUT2D eigenvalue weighted by Gasteiger charge is -2.25. The lowest BCUT2D eigenvalue weighted by Crippen LogP contribution is -2.23. The minimum absolute atomic E-state index is 0.0599. The highest BCUT2D eigenvalue weighted by Gasteiger charge is 2.54. The van der Waals surface area contributed by atoms with Crippen molar-refractivity contribution in [2.75, 3.05) is 13.2 Å². The SMILES string of the molecule is CCCCOC(=O)C1=C(C(=O)OCCCC)C2C=CC1C2(C)C. The number of esters is 2. The fourth-order valence-electron chi connectivity index (χ4n) is 3.43. The second-order valence-corrected chi connectivity index (χ2v) is 6.97. The second kappa shape index (κ2) is 7.33. The maximum Gasteiger partial charge on any atom is 0.335 e. The zero-order valence-corrected chi connectivity index (χ0v) is 14.7. The quantitative estimate of drug-likeness (QED) is 0.388. The van der Waals surface area contributed by atoms with E-state index in [0.717, 1.165) is 25.7 Å². The van der Waals surface area contributed by atoms with Gasteiger partial charge in [0, 0.05) is 11.8 Å². The normalized spacial score (nSPS) is 24.2. The van der Waals surface area contributed by atoms with Crippen molar-refractivity contribution in [1.29, 1.82) is 0 Å². The Labute approximate surface area is 138 Å². The van der Waals surface area contributed by atoms with Crippen LogP contribution < -0.4 is 0 Å². The molecule has 0 saturated heterocycles.